The third-order valence-electron chi connectivity index (χ3n) is 3.60. The lowest BCUT2D eigenvalue weighted by Crippen LogP contribution is -2.01. The topological polar surface area (TPSA) is 30.7 Å². The molecule has 0 spiro atoms. The van der Waals surface area contributed by atoms with Crippen molar-refractivity contribution >= 4 is 22.9 Å². The van der Waals surface area contributed by atoms with Gasteiger partial charge in [0.25, 0.3) is 0 Å². The summed E-state index contributed by atoms with van der Waals surface area (Å²) < 4.78 is 2.25. The average molecular weight is 311 g/mol. The van der Waals surface area contributed by atoms with Crippen LogP contribution in [0.5, 0.6) is 0 Å². The lowest BCUT2D eigenvalue weighted by Gasteiger charge is -2.10. The van der Waals surface area contributed by atoms with Crippen molar-refractivity contribution < 1.29 is 0 Å². The number of aromatic nitrogens is 3. The average Bonchev–Trinajstić information content (AvgIpc) is 2.86. The molecule has 0 bridgehead atoms. The van der Waals surface area contributed by atoms with E-state index in [1.54, 1.807) is 0 Å². The molecule has 3 nitrogen and oxygen atoms in total. The molecule has 0 aliphatic heterocycles. The standard InChI is InChI=1S/C18H21N3S/c1-4-10-21-17(14-8-6-7-9-16(14)22-5-2)20-15-11-13(3)12-19-18(15)21/h6-9,11-12H,4-5,10H2,1-3H3. The highest BCUT2D eigenvalue weighted by atomic mass is 32.2. The Bertz CT molecular complexity index is 792. The second-order valence-corrected chi connectivity index (χ2v) is 6.68. The Kier molecular flexibility index (Phi) is 4.48. The predicted molar refractivity (Wildman–Crippen MR) is 94.4 cm³/mol. The molecule has 0 saturated carbocycles. The van der Waals surface area contributed by atoms with Gasteiger partial charge in [-0.05, 0) is 36.8 Å². The van der Waals surface area contributed by atoms with Crippen molar-refractivity contribution in [3.63, 3.8) is 0 Å². The molecule has 0 atom stereocenters. The first-order valence-electron chi connectivity index (χ1n) is 7.79. The van der Waals surface area contributed by atoms with Gasteiger partial charge in [0.2, 0.25) is 0 Å². The van der Waals surface area contributed by atoms with Crippen LogP contribution in [0.1, 0.15) is 25.8 Å². The van der Waals surface area contributed by atoms with Gasteiger partial charge >= 0.3 is 0 Å². The second kappa shape index (κ2) is 6.53. The quantitative estimate of drug-likeness (QED) is 0.626. The largest absolute Gasteiger partial charge is 0.309 e. The summed E-state index contributed by atoms with van der Waals surface area (Å²) in [7, 11) is 0. The Morgan fingerprint density at radius 1 is 1.18 bits per heavy atom. The van der Waals surface area contributed by atoms with Gasteiger partial charge in [-0.3, -0.25) is 0 Å². The zero-order chi connectivity index (χ0) is 15.5. The molecule has 0 aliphatic rings. The van der Waals surface area contributed by atoms with Crippen LogP contribution in [0, 0.1) is 6.92 Å². The predicted octanol–water partition coefficient (Wildman–Crippen LogP) is 4.93. The summed E-state index contributed by atoms with van der Waals surface area (Å²) in [5.41, 5.74) is 4.33. The van der Waals surface area contributed by atoms with Crippen LogP contribution < -0.4 is 0 Å². The number of thioether (sulfide) groups is 1. The summed E-state index contributed by atoms with van der Waals surface area (Å²) in [5.74, 6) is 2.09. The van der Waals surface area contributed by atoms with Gasteiger partial charge in [-0.2, -0.15) is 0 Å². The minimum atomic E-state index is 0.938. The van der Waals surface area contributed by atoms with E-state index < -0.39 is 0 Å². The summed E-state index contributed by atoms with van der Waals surface area (Å²) in [6, 6.07) is 10.6. The molecule has 114 valence electrons. The Hall–Kier alpha value is -1.81. The van der Waals surface area contributed by atoms with Gasteiger partial charge in [-0.15, -0.1) is 11.8 Å². The molecule has 22 heavy (non-hydrogen) atoms. The summed E-state index contributed by atoms with van der Waals surface area (Å²) >= 11 is 1.86. The van der Waals surface area contributed by atoms with Crippen LogP contribution in [-0.2, 0) is 6.54 Å². The van der Waals surface area contributed by atoms with Crippen molar-refractivity contribution in [3.8, 4) is 11.4 Å². The molecule has 0 aliphatic carbocycles. The Balaban J connectivity index is 2.23. The van der Waals surface area contributed by atoms with Gasteiger partial charge in [0, 0.05) is 23.2 Å². The van der Waals surface area contributed by atoms with Gasteiger partial charge in [-0.1, -0.05) is 32.0 Å². The van der Waals surface area contributed by atoms with Gasteiger partial charge < -0.3 is 4.57 Å². The van der Waals surface area contributed by atoms with Crippen molar-refractivity contribution in [2.75, 3.05) is 5.75 Å². The summed E-state index contributed by atoms with van der Waals surface area (Å²) in [6.07, 6.45) is 2.99. The molecule has 1 aromatic carbocycles. The molecule has 0 N–H and O–H groups in total. The van der Waals surface area contributed by atoms with E-state index in [-0.39, 0.29) is 0 Å². The molecule has 0 unspecified atom stereocenters. The van der Waals surface area contributed by atoms with Crippen LogP contribution in [-0.4, -0.2) is 20.3 Å². The van der Waals surface area contributed by atoms with Crippen LogP contribution in [0.2, 0.25) is 0 Å². The van der Waals surface area contributed by atoms with Gasteiger partial charge in [0.15, 0.2) is 5.65 Å². The van der Waals surface area contributed by atoms with E-state index in [9.17, 15) is 0 Å². The molecule has 0 fully saturated rings. The summed E-state index contributed by atoms with van der Waals surface area (Å²) in [6.45, 7) is 7.37. The summed E-state index contributed by atoms with van der Waals surface area (Å²) in [5, 5.41) is 0. The highest BCUT2D eigenvalue weighted by Crippen LogP contribution is 2.32. The number of fused-ring (bicyclic) bond motifs is 1. The molecular formula is C18H21N3S. The molecule has 2 heterocycles. The van der Waals surface area contributed by atoms with Crippen LogP contribution >= 0.6 is 11.8 Å². The van der Waals surface area contributed by atoms with E-state index in [0.29, 0.717) is 0 Å². The fraction of sp³-hybridized carbons (Fsp3) is 0.333. The fourth-order valence-electron chi connectivity index (χ4n) is 2.69. The second-order valence-electron chi connectivity index (χ2n) is 5.37. The minimum Gasteiger partial charge on any atom is -0.309 e. The van der Waals surface area contributed by atoms with Gasteiger partial charge in [0.05, 0.1) is 0 Å². The van der Waals surface area contributed by atoms with Gasteiger partial charge in [-0.25, -0.2) is 9.97 Å². The van der Waals surface area contributed by atoms with Crippen molar-refractivity contribution in [1.29, 1.82) is 0 Å². The van der Waals surface area contributed by atoms with Crippen molar-refractivity contribution in [3.05, 3.63) is 42.1 Å². The highest BCUT2D eigenvalue weighted by Gasteiger charge is 2.15. The van der Waals surface area contributed by atoms with E-state index in [0.717, 1.165) is 41.3 Å². The molecular weight excluding hydrogens is 290 g/mol. The number of rotatable bonds is 5. The Labute approximate surface area is 135 Å². The molecule has 0 amide bonds. The lowest BCUT2D eigenvalue weighted by atomic mass is 10.2. The van der Waals surface area contributed by atoms with Crippen molar-refractivity contribution in [1.82, 2.24) is 14.5 Å². The SMILES string of the molecule is CCCn1c(-c2ccccc2SCC)nc2cc(C)cnc21. The zero-order valence-electron chi connectivity index (χ0n) is 13.3. The Morgan fingerprint density at radius 3 is 2.77 bits per heavy atom. The molecule has 0 saturated heterocycles. The fourth-order valence-corrected chi connectivity index (χ4v) is 3.49. The first-order chi connectivity index (χ1) is 10.7. The highest BCUT2D eigenvalue weighted by molar-refractivity contribution is 7.99. The van der Waals surface area contributed by atoms with Gasteiger partial charge in [0.1, 0.15) is 11.3 Å². The smallest absolute Gasteiger partial charge is 0.160 e. The number of nitrogens with zero attached hydrogens (tertiary/aromatic N) is 3. The van der Waals surface area contributed by atoms with E-state index in [4.69, 9.17) is 4.98 Å². The first kappa shape index (κ1) is 15.1. The van der Waals surface area contributed by atoms with E-state index in [1.807, 2.05) is 18.0 Å². The zero-order valence-corrected chi connectivity index (χ0v) is 14.2. The van der Waals surface area contributed by atoms with Crippen molar-refractivity contribution in [2.24, 2.45) is 0 Å². The van der Waals surface area contributed by atoms with E-state index in [1.165, 1.54) is 10.5 Å². The number of imidazole rings is 1. The third kappa shape index (κ3) is 2.75. The molecule has 2 aromatic heterocycles. The minimum absolute atomic E-state index is 0.938. The van der Waals surface area contributed by atoms with Crippen LogP contribution in [0.3, 0.4) is 0 Å². The number of aryl methyl sites for hydroxylation is 2. The number of hydrogen-bond acceptors (Lipinski definition) is 3. The lowest BCUT2D eigenvalue weighted by molar-refractivity contribution is 0.697. The number of pyridine rings is 1. The summed E-state index contributed by atoms with van der Waals surface area (Å²) in [4.78, 5) is 10.8. The molecule has 3 rings (SSSR count). The first-order valence-corrected chi connectivity index (χ1v) is 8.78. The van der Waals surface area contributed by atoms with Crippen LogP contribution in [0.15, 0.2) is 41.4 Å². The molecule has 0 radical (unpaired) electrons. The maximum atomic E-state index is 4.89. The third-order valence-corrected chi connectivity index (χ3v) is 4.55. The molecule has 4 heteroatoms. The van der Waals surface area contributed by atoms with Crippen LogP contribution in [0.25, 0.3) is 22.6 Å². The Morgan fingerprint density at radius 2 is 2.00 bits per heavy atom. The van der Waals surface area contributed by atoms with Crippen molar-refractivity contribution in [2.45, 2.75) is 38.6 Å². The number of hydrogen-bond donors (Lipinski definition) is 0. The monoisotopic (exact) mass is 311 g/mol. The van der Waals surface area contributed by atoms with Crippen LogP contribution in [0.4, 0.5) is 0 Å². The number of benzene rings is 1. The van der Waals surface area contributed by atoms with E-state index in [2.05, 4.69) is 60.7 Å². The van der Waals surface area contributed by atoms with E-state index >= 15 is 0 Å². The maximum absolute atomic E-state index is 4.89. The normalized spacial score (nSPS) is 11.2. The molecule has 3 aromatic rings. The maximum Gasteiger partial charge on any atom is 0.160 e.